The Morgan fingerprint density at radius 1 is 1.10 bits per heavy atom. The molecule has 2 heterocycles. The van der Waals surface area contributed by atoms with Crippen molar-refractivity contribution in [2.45, 2.75) is 77.7 Å². The monoisotopic (exact) mass is 448 g/mol. The predicted octanol–water partition coefficient (Wildman–Crippen LogP) is 5.07. The van der Waals surface area contributed by atoms with E-state index < -0.39 is 0 Å². The SMILES string of the molecule is CCCCCCCCCCc1ccc(-c2noc(CNC(=O)C3CCNC3)n2)cc1.Cl. The smallest absolute Gasteiger partial charge is 0.246 e. The van der Waals surface area contributed by atoms with Gasteiger partial charge in [0.1, 0.15) is 0 Å². The largest absolute Gasteiger partial charge is 0.347 e. The van der Waals surface area contributed by atoms with Gasteiger partial charge >= 0.3 is 0 Å². The van der Waals surface area contributed by atoms with Gasteiger partial charge < -0.3 is 15.2 Å². The Morgan fingerprint density at radius 2 is 1.81 bits per heavy atom. The highest BCUT2D eigenvalue weighted by Crippen LogP contribution is 2.18. The Labute approximate surface area is 192 Å². The molecule has 2 N–H and O–H groups in total. The number of benzene rings is 1. The van der Waals surface area contributed by atoms with Gasteiger partial charge in [-0.25, -0.2) is 0 Å². The molecule has 0 radical (unpaired) electrons. The molecular weight excluding hydrogens is 412 g/mol. The van der Waals surface area contributed by atoms with E-state index in [0.717, 1.165) is 31.5 Å². The fourth-order valence-corrected chi connectivity index (χ4v) is 3.91. The summed E-state index contributed by atoms with van der Waals surface area (Å²) in [5, 5.41) is 10.1. The highest BCUT2D eigenvalue weighted by Gasteiger charge is 2.22. The van der Waals surface area contributed by atoms with Crippen molar-refractivity contribution in [1.82, 2.24) is 20.8 Å². The number of nitrogens with one attached hydrogen (secondary N) is 2. The first kappa shape index (κ1) is 25.3. The number of carbonyl (C=O) groups is 1. The Bertz CT molecular complexity index is 757. The van der Waals surface area contributed by atoms with Gasteiger partial charge in [-0.15, -0.1) is 12.4 Å². The van der Waals surface area contributed by atoms with Crippen LogP contribution in [0, 0.1) is 5.92 Å². The standard InChI is InChI=1S/C24H36N4O2.ClH/c1-2-3-4-5-6-7-8-9-10-19-11-13-20(14-12-19)23-27-22(30-28-23)18-26-24(29)21-15-16-25-17-21;/h11-14,21,25H,2-10,15-18H2,1H3,(H,26,29);1H. The summed E-state index contributed by atoms with van der Waals surface area (Å²) in [6, 6.07) is 8.41. The lowest BCUT2D eigenvalue weighted by Gasteiger charge is -2.07. The molecule has 1 aliphatic rings. The zero-order valence-corrected chi connectivity index (χ0v) is 19.5. The van der Waals surface area contributed by atoms with Gasteiger partial charge in [0, 0.05) is 12.1 Å². The Hall–Kier alpha value is -1.92. The summed E-state index contributed by atoms with van der Waals surface area (Å²) < 4.78 is 5.30. The lowest BCUT2D eigenvalue weighted by atomic mass is 10.0. The first-order valence-electron chi connectivity index (χ1n) is 11.7. The fourth-order valence-electron chi connectivity index (χ4n) is 3.91. The van der Waals surface area contributed by atoms with Crippen molar-refractivity contribution in [1.29, 1.82) is 0 Å². The van der Waals surface area contributed by atoms with Crippen LogP contribution < -0.4 is 10.6 Å². The van der Waals surface area contributed by atoms with Crippen LogP contribution in [0.3, 0.4) is 0 Å². The number of hydrogen-bond acceptors (Lipinski definition) is 5. The first-order chi connectivity index (χ1) is 14.8. The molecule has 1 atom stereocenters. The number of hydrogen-bond donors (Lipinski definition) is 2. The van der Waals surface area contributed by atoms with Crippen LogP contribution in [0.25, 0.3) is 11.4 Å². The topological polar surface area (TPSA) is 80.0 Å². The minimum atomic E-state index is 0. The van der Waals surface area contributed by atoms with E-state index in [0.29, 0.717) is 11.7 Å². The van der Waals surface area contributed by atoms with Gasteiger partial charge in [-0.3, -0.25) is 4.79 Å². The van der Waals surface area contributed by atoms with Crippen LogP contribution >= 0.6 is 12.4 Å². The van der Waals surface area contributed by atoms with Gasteiger partial charge in [-0.1, -0.05) is 81.3 Å². The van der Waals surface area contributed by atoms with Crippen molar-refractivity contribution in [3.63, 3.8) is 0 Å². The molecule has 0 spiro atoms. The minimum absolute atomic E-state index is 0. The third-order valence-corrected chi connectivity index (χ3v) is 5.84. The molecule has 6 nitrogen and oxygen atoms in total. The maximum absolute atomic E-state index is 12.1. The van der Waals surface area contributed by atoms with Crippen molar-refractivity contribution >= 4 is 18.3 Å². The van der Waals surface area contributed by atoms with Gasteiger partial charge in [0.2, 0.25) is 17.6 Å². The molecule has 1 aromatic heterocycles. The second kappa shape index (κ2) is 14.2. The van der Waals surface area contributed by atoms with Crippen LogP contribution in [0.1, 0.15) is 76.2 Å². The molecule has 172 valence electrons. The Morgan fingerprint density at radius 3 is 2.48 bits per heavy atom. The summed E-state index contributed by atoms with van der Waals surface area (Å²) in [7, 11) is 0. The molecule has 0 bridgehead atoms. The van der Waals surface area contributed by atoms with E-state index in [4.69, 9.17) is 4.52 Å². The van der Waals surface area contributed by atoms with Gasteiger partial charge in [0.25, 0.3) is 0 Å². The van der Waals surface area contributed by atoms with Crippen molar-refractivity contribution in [3.8, 4) is 11.4 Å². The maximum Gasteiger partial charge on any atom is 0.246 e. The number of amides is 1. The molecule has 1 amide bonds. The molecular formula is C24H37ClN4O2. The average molecular weight is 449 g/mol. The van der Waals surface area contributed by atoms with Gasteiger partial charge in [-0.2, -0.15) is 4.98 Å². The Kier molecular flexibility index (Phi) is 11.6. The molecule has 1 aliphatic heterocycles. The third kappa shape index (κ3) is 8.62. The lowest BCUT2D eigenvalue weighted by molar-refractivity contribution is -0.124. The molecule has 7 heteroatoms. The number of nitrogens with zero attached hydrogens (tertiary/aromatic N) is 2. The van der Waals surface area contributed by atoms with Crippen LogP contribution in [0.4, 0.5) is 0 Å². The van der Waals surface area contributed by atoms with Gasteiger partial charge in [-0.05, 0) is 31.4 Å². The van der Waals surface area contributed by atoms with E-state index >= 15 is 0 Å². The Balaban J connectivity index is 0.00000341. The second-order valence-corrected chi connectivity index (χ2v) is 8.34. The van der Waals surface area contributed by atoms with E-state index in [1.54, 1.807) is 0 Å². The molecule has 1 fully saturated rings. The summed E-state index contributed by atoms with van der Waals surface area (Å²) in [5.41, 5.74) is 2.29. The average Bonchev–Trinajstić information content (AvgIpc) is 3.47. The van der Waals surface area contributed by atoms with Crippen LogP contribution in [0.5, 0.6) is 0 Å². The second-order valence-electron chi connectivity index (χ2n) is 8.34. The number of unbranched alkanes of at least 4 members (excludes halogenated alkanes) is 7. The van der Waals surface area contributed by atoms with Crippen LogP contribution in [-0.2, 0) is 17.8 Å². The first-order valence-corrected chi connectivity index (χ1v) is 11.7. The highest BCUT2D eigenvalue weighted by atomic mass is 35.5. The van der Waals surface area contributed by atoms with Crippen molar-refractivity contribution in [3.05, 3.63) is 35.7 Å². The molecule has 1 saturated heterocycles. The summed E-state index contributed by atoms with van der Waals surface area (Å²) in [5.74, 6) is 1.10. The predicted molar refractivity (Wildman–Crippen MR) is 126 cm³/mol. The van der Waals surface area contributed by atoms with Crippen molar-refractivity contribution in [2.24, 2.45) is 5.92 Å². The maximum atomic E-state index is 12.1. The summed E-state index contributed by atoms with van der Waals surface area (Å²) in [6.45, 7) is 4.18. The van der Waals surface area contributed by atoms with Crippen molar-refractivity contribution < 1.29 is 9.32 Å². The van der Waals surface area contributed by atoms with E-state index in [1.807, 2.05) is 0 Å². The lowest BCUT2D eigenvalue weighted by Crippen LogP contribution is -2.31. The van der Waals surface area contributed by atoms with E-state index in [-0.39, 0.29) is 30.8 Å². The third-order valence-electron chi connectivity index (χ3n) is 5.84. The number of carbonyl (C=O) groups excluding carboxylic acids is 1. The number of aromatic nitrogens is 2. The molecule has 1 aromatic carbocycles. The van der Waals surface area contributed by atoms with Gasteiger partial charge in [0.05, 0.1) is 12.5 Å². The fraction of sp³-hybridized carbons (Fsp3) is 0.625. The van der Waals surface area contributed by atoms with E-state index in [1.165, 1.54) is 56.9 Å². The number of halogens is 1. The zero-order valence-electron chi connectivity index (χ0n) is 18.7. The molecule has 31 heavy (non-hydrogen) atoms. The highest BCUT2D eigenvalue weighted by molar-refractivity contribution is 5.85. The summed E-state index contributed by atoms with van der Waals surface area (Å²) >= 11 is 0. The molecule has 3 rings (SSSR count). The summed E-state index contributed by atoms with van der Waals surface area (Å²) in [4.78, 5) is 16.5. The van der Waals surface area contributed by atoms with Crippen LogP contribution in [0.15, 0.2) is 28.8 Å². The van der Waals surface area contributed by atoms with Crippen molar-refractivity contribution in [2.75, 3.05) is 13.1 Å². The van der Waals surface area contributed by atoms with Crippen LogP contribution in [-0.4, -0.2) is 29.1 Å². The van der Waals surface area contributed by atoms with E-state index in [9.17, 15) is 4.79 Å². The van der Waals surface area contributed by atoms with Gasteiger partial charge in [0.15, 0.2) is 0 Å². The zero-order chi connectivity index (χ0) is 21.0. The molecule has 2 aromatic rings. The molecule has 0 aliphatic carbocycles. The number of rotatable bonds is 13. The molecule has 0 saturated carbocycles. The van der Waals surface area contributed by atoms with E-state index in [2.05, 4.69) is 52.0 Å². The minimum Gasteiger partial charge on any atom is -0.347 e. The summed E-state index contributed by atoms with van der Waals surface area (Å²) in [6.07, 6.45) is 12.7. The van der Waals surface area contributed by atoms with Crippen LogP contribution in [0.2, 0.25) is 0 Å². The normalized spacial score (nSPS) is 15.6. The quantitative estimate of drug-likeness (QED) is 0.418. The molecule has 1 unspecified atom stereocenters. The number of aryl methyl sites for hydroxylation is 1.